The fraction of sp³-hybridized carbons (Fsp3) is 0.600. The molecule has 118 valence electrons. The molecule has 1 aromatic rings. The lowest BCUT2D eigenvalue weighted by Crippen LogP contribution is -2.40. The second-order valence-electron chi connectivity index (χ2n) is 5.59. The van der Waals surface area contributed by atoms with E-state index >= 15 is 0 Å². The van der Waals surface area contributed by atoms with Crippen molar-refractivity contribution in [2.24, 2.45) is 0 Å². The van der Waals surface area contributed by atoms with Crippen LogP contribution in [0.2, 0.25) is 0 Å². The predicted octanol–water partition coefficient (Wildman–Crippen LogP) is 0.905. The Morgan fingerprint density at radius 2 is 1.81 bits per heavy atom. The van der Waals surface area contributed by atoms with Crippen LogP contribution in [0.15, 0.2) is 30.3 Å². The molecule has 0 heterocycles. The summed E-state index contributed by atoms with van der Waals surface area (Å²) in [6, 6.07) is 10.1. The Kier molecular flexibility index (Phi) is 5.75. The van der Waals surface area contributed by atoms with Gasteiger partial charge in [-0.1, -0.05) is 30.3 Å². The van der Waals surface area contributed by atoms with Gasteiger partial charge >= 0.3 is 0 Å². The van der Waals surface area contributed by atoms with Gasteiger partial charge in [-0.2, -0.15) is 4.31 Å². The first-order valence-electron chi connectivity index (χ1n) is 7.36. The van der Waals surface area contributed by atoms with Gasteiger partial charge in [-0.15, -0.1) is 0 Å². The van der Waals surface area contributed by atoms with Gasteiger partial charge in [0.2, 0.25) is 10.0 Å². The molecule has 5 nitrogen and oxygen atoms in total. The van der Waals surface area contributed by atoms with Crippen molar-refractivity contribution in [2.45, 2.75) is 24.6 Å². The molecule has 1 aliphatic carbocycles. The molecule has 1 saturated carbocycles. The number of benzene rings is 1. The standard InChI is InChI=1S/C15H24N2O3S/c1-16(13-14-5-3-2-4-6-14)9-10-17(11-12-18)21(19,20)15-7-8-15/h2-6,15,18H,7-13H2,1H3. The highest BCUT2D eigenvalue weighted by atomic mass is 32.2. The summed E-state index contributed by atoms with van der Waals surface area (Å²) in [6.07, 6.45) is 1.51. The van der Waals surface area contributed by atoms with Crippen LogP contribution in [0, 0.1) is 0 Å². The van der Waals surface area contributed by atoms with Gasteiger partial charge in [-0.25, -0.2) is 8.42 Å². The van der Waals surface area contributed by atoms with Gasteiger partial charge in [-0.3, -0.25) is 0 Å². The molecule has 0 radical (unpaired) electrons. The lowest BCUT2D eigenvalue weighted by Gasteiger charge is -2.24. The highest BCUT2D eigenvalue weighted by Gasteiger charge is 2.39. The predicted molar refractivity (Wildman–Crippen MR) is 83.4 cm³/mol. The van der Waals surface area contributed by atoms with E-state index in [4.69, 9.17) is 5.11 Å². The van der Waals surface area contributed by atoms with Crippen LogP contribution in [0.4, 0.5) is 0 Å². The minimum atomic E-state index is -3.21. The third-order valence-electron chi connectivity index (χ3n) is 3.68. The topological polar surface area (TPSA) is 60.9 Å². The normalized spacial score (nSPS) is 15.8. The number of hydrogen-bond donors (Lipinski definition) is 1. The van der Waals surface area contributed by atoms with Gasteiger partial charge < -0.3 is 10.0 Å². The second kappa shape index (κ2) is 7.35. The van der Waals surface area contributed by atoms with Crippen molar-refractivity contribution in [1.82, 2.24) is 9.21 Å². The summed E-state index contributed by atoms with van der Waals surface area (Å²) in [5, 5.41) is 8.86. The SMILES string of the molecule is CN(CCN(CCO)S(=O)(=O)C1CC1)Cc1ccccc1. The minimum Gasteiger partial charge on any atom is -0.395 e. The van der Waals surface area contributed by atoms with Crippen molar-refractivity contribution in [2.75, 3.05) is 33.3 Å². The van der Waals surface area contributed by atoms with E-state index in [1.54, 1.807) is 0 Å². The molecule has 0 atom stereocenters. The minimum absolute atomic E-state index is 0.131. The number of aliphatic hydroxyl groups excluding tert-OH is 1. The fourth-order valence-corrected chi connectivity index (χ4v) is 4.14. The van der Waals surface area contributed by atoms with E-state index in [0.717, 1.165) is 19.4 Å². The van der Waals surface area contributed by atoms with E-state index in [-0.39, 0.29) is 18.4 Å². The Balaban J connectivity index is 1.86. The van der Waals surface area contributed by atoms with Crippen molar-refractivity contribution < 1.29 is 13.5 Å². The van der Waals surface area contributed by atoms with Crippen LogP contribution in [0.25, 0.3) is 0 Å². The molecule has 0 unspecified atom stereocenters. The molecular weight excluding hydrogens is 288 g/mol. The highest BCUT2D eigenvalue weighted by Crippen LogP contribution is 2.30. The van der Waals surface area contributed by atoms with Gasteiger partial charge in [-0.05, 0) is 25.5 Å². The van der Waals surface area contributed by atoms with Gasteiger partial charge in [0.1, 0.15) is 0 Å². The second-order valence-corrected chi connectivity index (χ2v) is 7.80. The van der Waals surface area contributed by atoms with Crippen LogP contribution >= 0.6 is 0 Å². The van der Waals surface area contributed by atoms with Gasteiger partial charge in [0.25, 0.3) is 0 Å². The van der Waals surface area contributed by atoms with E-state index in [1.165, 1.54) is 9.87 Å². The molecule has 21 heavy (non-hydrogen) atoms. The Morgan fingerprint density at radius 1 is 1.14 bits per heavy atom. The van der Waals surface area contributed by atoms with E-state index in [0.29, 0.717) is 13.1 Å². The highest BCUT2D eigenvalue weighted by molar-refractivity contribution is 7.90. The third-order valence-corrected chi connectivity index (χ3v) is 6.08. The number of sulfonamides is 1. The number of rotatable bonds is 9. The van der Waals surface area contributed by atoms with Gasteiger partial charge in [0, 0.05) is 26.2 Å². The summed E-state index contributed by atoms with van der Waals surface area (Å²) >= 11 is 0. The summed E-state index contributed by atoms with van der Waals surface area (Å²) in [4.78, 5) is 2.10. The molecule has 2 rings (SSSR count). The van der Waals surface area contributed by atoms with Crippen molar-refractivity contribution in [3.8, 4) is 0 Å². The Morgan fingerprint density at radius 3 is 2.38 bits per heavy atom. The molecule has 1 aromatic carbocycles. The van der Waals surface area contributed by atoms with Gasteiger partial charge in [0.05, 0.1) is 11.9 Å². The summed E-state index contributed by atoms with van der Waals surface area (Å²) in [5.74, 6) is 0. The Hall–Kier alpha value is -0.950. The summed E-state index contributed by atoms with van der Waals surface area (Å²) in [6.45, 7) is 1.94. The molecule has 0 spiro atoms. The maximum Gasteiger partial charge on any atom is 0.217 e. The summed E-state index contributed by atoms with van der Waals surface area (Å²) in [7, 11) is -1.23. The number of aliphatic hydroxyl groups is 1. The van der Waals surface area contributed by atoms with E-state index in [1.807, 2.05) is 25.2 Å². The number of hydrogen-bond acceptors (Lipinski definition) is 4. The largest absolute Gasteiger partial charge is 0.395 e. The van der Waals surface area contributed by atoms with Crippen LogP contribution in [0.5, 0.6) is 0 Å². The van der Waals surface area contributed by atoms with E-state index in [9.17, 15) is 8.42 Å². The van der Waals surface area contributed by atoms with E-state index in [2.05, 4.69) is 17.0 Å². The maximum atomic E-state index is 12.3. The number of nitrogens with zero attached hydrogens (tertiary/aromatic N) is 2. The lowest BCUT2D eigenvalue weighted by molar-refractivity contribution is 0.233. The zero-order valence-electron chi connectivity index (χ0n) is 12.5. The van der Waals surface area contributed by atoms with Crippen LogP contribution in [0.3, 0.4) is 0 Å². The molecule has 0 aromatic heterocycles. The maximum absolute atomic E-state index is 12.3. The average Bonchev–Trinajstić information content (AvgIpc) is 3.29. The average molecular weight is 312 g/mol. The van der Waals surface area contributed by atoms with Crippen molar-refractivity contribution in [3.63, 3.8) is 0 Å². The first-order chi connectivity index (χ1) is 10.0. The van der Waals surface area contributed by atoms with Crippen molar-refractivity contribution >= 4 is 10.0 Å². The van der Waals surface area contributed by atoms with Crippen LogP contribution in [0.1, 0.15) is 18.4 Å². The number of likely N-dealkylation sites (N-methyl/N-ethyl adjacent to an activating group) is 1. The van der Waals surface area contributed by atoms with Crippen LogP contribution in [-0.4, -0.2) is 61.3 Å². The first kappa shape index (κ1) is 16.4. The molecular formula is C15H24N2O3S. The van der Waals surface area contributed by atoms with E-state index < -0.39 is 10.0 Å². The molecule has 0 amide bonds. The Bertz CT molecular complexity index is 529. The Labute approximate surface area is 127 Å². The quantitative estimate of drug-likeness (QED) is 0.736. The fourth-order valence-electron chi connectivity index (χ4n) is 2.31. The van der Waals surface area contributed by atoms with Crippen molar-refractivity contribution in [3.05, 3.63) is 35.9 Å². The first-order valence-corrected chi connectivity index (χ1v) is 8.86. The molecule has 6 heteroatoms. The monoisotopic (exact) mass is 312 g/mol. The lowest BCUT2D eigenvalue weighted by atomic mass is 10.2. The summed E-state index contributed by atoms with van der Waals surface area (Å²) < 4.78 is 25.9. The zero-order chi connectivity index (χ0) is 15.3. The summed E-state index contributed by atoms with van der Waals surface area (Å²) in [5.41, 5.74) is 1.21. The molecule has 0 aliphatic heterocycles. The molecule has 1 aliphatic rings. The molecule has 1 N–H and O–H groups in total. The van der Waals surface area contributed by atoms with Crippen LogP contribution < -0.4 is 0 Å². The molecule has 1 fully saturated rings. The van der Waals surface area contributed by atoms with Gasteiger partial charge in [0.15, 0.2) is 0 Å². The smallest absolute Gasteiger partial charge is 0.217 e. The van der Waals surface area contributed by atoms with Crippen molar-refractivity contribution in [1.29, 1.82) is 0 Å². The molecule has 0 bridgehead atoms. The zero-order valence-corrected chi connectivity index (χ0v) is 13.3. The molecule has 0 saturated heterocycles. The van der Waals surface area contributed by atoms with Crippen LogP contribution in [-0.2, 0) is 16.6 Å². The third kappa shape index (κ3) is 4.78.